The standard InChI is InChI=1S/C27H58N3O/c1-7-8-9-10-11-12-13-14-15-16-17-18-19-20-21-22-24-30(5,6)26-27(31)28-23-25-29(2,3)4/h7-26H2,1-6H3/q+1/p+1. The van der Waals surface area contributed by atoms with Crippen LogP contribution in [0.15, 0.2) is 0 Å². The van der Waals surface area contributed by atoms with Gasteiger partial charge in [-0.1, -0.05) is 96.8 Å². The average molecular weight is 442 g/mol. The van der Waals surface area contributed by atoms with Crippen molar-refractivity contribution < 1.29 is 13.8 Å². The molecule has 0 radical (unpaired) electrons. The molecule has 0 aromatic heterocycles. The van der Waals surface area contributed by atoms with Gasteiger partial charge in [0.25, 0.3) is 5.91 Å². The highest BCUT2D eigenvalue weighted by Gasteiger charge is 2.19. The number of likely N-dealkylation sites (N-methyl/N-ethyl adjacent to an activating group) is 2. The second-order valence-electron chi connectivity index (χ2n) is 11.5. The van der Waals surface area contributed by atoms with Gasteiger partial charge in [-0.25, -0.2) is 0 Å². The van der Waals surface area contributed by atoms with Gasteiger partial charge in [-0.05, 0) is 12.8 Å². The van der Waals surface area contributed by atoms with E-state index in [4.69, 9.17) is 0 Å². The van der Waals surface area contributed by atoms with Crippen molar-refractivity contribution in [1.82, 2.24) is 5.32 Å². The van der Waals surface area contributed by atoms with Gasteiger partial charge in [0.2, 0.25) is 0 Å². The van der Waals surface area contributed by atoms with Crippen molar-refractivity contribution in [2.75, 3.05) is 61.4 Å². The smallest absolute Gasteiger partial charge is 0.275 e. The second kappa shape index (κ2) is 18.9. The van der Waals surface area contributed by atoms with Gasteiger partial charge in [-0.3, -0.25) is 4.79 Å². The molecule has 4 nitrogen and oxygen atoms in total. The van der Waals surface area contributed by atoms with E-state index < -0.39 is 0 Å². The van der Waals surface area contributed by atoms with Gasteiger partial charge < -0.3 is 14.3 Å². The summed E-state index contributed by atoms with van der Waals surface area (Å²) < 4.78 is 1.69. The summed E-state index contributed by atoms with van der Waals surface area (Å²) in [5.41, 5.74) is 0. The number of carbonyl (C=O) groups is 1. The molecule has 0 saturated heterocycles. The molecule has 0 bridgehead atoms. The van der Waals surface area contributed by atoms with E-state index in [1.165, 1.54) is 103 Å². The van der Waals surface area contributed by atoms with Gasteiger partial charge in [0, 0.05) is 0 Å². The molecule has 186 valence electrons. The zero-order chi connectivity index (χ0) is 23.4. The Balaban J connectivity index is 3.44. The van der Waals surface area contributed by atoms with Crippen molar-refractivity contribution in [2.24, 2.45) is 0 Å². The molecule has 0 saturated carbocycles. The Morgan fingerprint density at radius 2 is 0.968 bits per heavy atom. The minimum atomic E-state index is 0.190. The molecule has 31 heavy (non-hydrogen) atoms. The van der Waals surface area contributed by atoms with Crippen molar-refractivity contribution in [3.05, 3.63) is 0 Å². The van der Waals surface area contributed by atoms with Crippen LogP contribution in [0.2, 0.25) is 0 Å². The number of hydrogen-bond donors (Lipinski definition) is 1. The quantitative estimate of drug-likeness (QED) is 0.158. The number of unbranched alkanes of at least 4 members (excludes halogenated alkanes) is 15. The zero-order valence-corrected chi connectivity index (χ0v) is 22.4. The first-order valence-corrected chi connectivity index (χ1v) is 13.6. The first-order chi connectivity index (χ1) is 14.7. The summed E-state index contributed by atoms with van der Waals surface area (Å²) >= 11 is 0. The van der Waals surface area contributed by atoms with Gasteiger partial charge in [0.05, 0.1) is 54.9 Å². The summed E-state index contributed by atoms with van der Waals surface area (Å²) in [7, 11) is 10.8. The molecule has 0 aliphatic rings. The lowest BCUT2D eigenvalue weighted by Crippen LogP contribution is -2.49. The van der Waals surface area contributed by atoms with Crippen LogP contribution in [0.4, 0.5) is 0 Å². The van der Waals surface area contributed by atoms with Crippen molar-refractivity contribution in [3.8, 4) is 0 Å². The van der Waals surface area contributed by atoms with Gasteiger partial charge in [0.15, 0.2) is 6.54 Å². The first-order valence-electron chi connectivity index (χ1n) is 13.6. The molecule has 0 heterocycles. The van der Waals surface area contributed by atoms with E-state index in [0.29, 0.717) is 6.54 Å². The van der Waals surface area contributed by atoms with Gasteiger partial charge in [-0.2, -0.15) is 0 Å². The highest BCUT2D eigenvalue weighted by Crippen LogP contribution is 2.14. The fraction of sp³-hybridized carbons (Fsp3) is 0.963. The number of amides is 1. The highest BCUT2D eigenvalue weighted by molar-refractivity contribution is 5.77. The van der Waals surface area contributed by atoms with Crippen molar-refractivity contribution in [2.45, 2.75) is 110 Å². The monoisotopic (exact) mass is 441 g/mol. The normalized spacial score (nSPS) is 12.3. The van der Waals surface area contributed by atoms with Crippen LogP contribution < -0.4 is 5.32 Å². The fourth-order valence-corrected chi connectivity index (χ4v) is 4.14. The van der Waals surface area contributed by atoms with Gasteiger partial charge in [0.1, 0.15) is 0 Å². The predicted molar refractivity (Wildman–Crippen MR) is 137 cm³/mol. The molecule has 0 unspecified atom stereocenters. The molecule has 0 atom stereocenters. The largest absolute Gasteiger partial charge is 0.346 e. The number of quaternary nitrogens is 2. The minimum Gasteiger partial charge on any atom is -0.346 e. The Hall–Kier alpha value is -0.610. The van der Waals surface area contributed by atoms with E-state index in [1.54, 1.807) is 0 Å². The maximum atomic E-state index is 12.2. The summed E-state index contributed by atoms with van der Waals surface area (Å²) in [5, 5.41) is 3.08. The molecule has 0 rings (SSSR count). The maximum Gasteiger partial charge on any atom is 0.275 e. The van der Waals surface area contributed by atoms with E-state index in [0.717, 1.165) is 28.6 Å². The van der Waals surface area contributed by atoms with Crippen LogP contribution in [0, 0.1) is 0 Å². The van der Waals surface area contributed by atoms with Crippen LogP contribution in [0.1, 0.15) is 110 Å². The maximum absolute atomic E-state index is 12.2. The average Bonchev–Trinajstić information content (AvgIpc) is 2.66. The molecule has 0 aliphatic heterocycles. The molecule has 0 fully saturated rings. The summed E-state index contributed by atoms with van der Waals surface area (Å²) in [5.74, 6) is 0.190. The van der Waals surface area contributed by atoms with E-state index in [1.807, 2.05) is 0 Å². The Kier molecular flexibility index (Phi) is 18.5. The summed E-state index contributed by atoms with van der Waals surface area (Å²) in [6.07, 6.45) is 22.5. The number of carbonyl (C=O) groups excluding carboxylic acids is 1. The lowest BCUT2D eigenvalue weighted by atomic mass is 10.0. The number of nitrogens with zero attached hydrogens (tertiary/aromatic N) is 2. The van der Waals surface area contributed by atoms with Crippen LogP contribution in [0.3, 0.4) is 0 Å². The van der Waals surface area contributed by atoms with E-state index in [2.05, 4.69) is 47.5 Å². The van der Waals surface area contributed by atoms with Gasteiger partial charge in [-0.15, -0.1) is 0 Å². The third-order valence-electron chi connectivity index (χ3n) is 6.29. The Labute approximate surface area is 196 Å². The first kappa shape index (κ1) is 30.4. The molecule has 4 heteroatoms. The Morgan fingerprint density at radius 1 is 0.581 bits per heavy atom. The van der Waals surface area contributed by atoms with E-state index in [9.17, 15) is 4.79 Å². The molecule has 0 spiro atoms. The molecule has 0 aliphatic carbocycles. The fourth-order valence-electron chi connectivity index (χ4n) is 4.14. The third kappa shape index (κ3) is 23.9. The molecular formula is C27H59N3O+2. The van der Waals surface area contributed by atoms with E-state index in [-0.39, 0.29) is 5.91 Å². The molecule has 1 amide bonds. The van der Waals surface area contributed by atoms with Crippen molar-refractivity contribution >= 4 is 5.91 Å². The third-order valence-corrected chi connectivity index (χ3v) is 6.29. The second-order valence-corrected chi connectivity index (χ2v) is 11.5. The van der Waals surface area contributed by atoms with Crippen LogP contribution in [-0.4, -0.2) is 76.3 Å². The van der Waals surface area contributed by atoms with Crippen LogP contribution in [-0.2, 0) is 4.79 Å². The van der Waals surface area contributed by atoms with Crippen LogP contribution >= 0.6 is 0 Å². The van der Waals surface area contributed by atoms with Gasteiger partial charge >= 0.3 is 0 Å². The minimum absolute atomic E-state index is 0.190. The summed E-state index contributed by atoms with van der Waals surface area (Å²) in [4.78, 5) is 12.2. The van der Waals surface area contributed by atoms with Crippen molar-refractivity contribution in [3.63, 3.8) is 0 Å². The molecule has 0 aromatic carbocycles. The summed E-state index contributed by atoms with van der Waals surface area (Å²) in [6.45, 7) is 5.72. The van der Waals surface area contributed by atoms with E-state index >= 15 is 0 Å². The lowest BCUT2D eigenvalue weighted by molar-refractivity contribution is -0.882. The number of rotatable bonds is 22. The molecule has 1 N–H and O–H groups in total. The lowest BCUT2D eigenvalue weighted by Gasteiger charge is -2.29. The Morgan fingerprint density at radius 3 is 1.35 bits per heavy atom. The summed E-state index contributed by atoms with van der Waals surface area (Å²) in [6, 6.07) is 0. The Bertz CT molecular complexity index is 415. The van der Waals surface area contributed by atoms with Crippen LogP contribution in [0.5, 0.6) is 0 Å². The van der Waals surface area contributed by atoms with Crippen molar-refractivity contribution in [1.29, 1.82) is 0 Å². The SMILES string of the molecule is CCCCCCCCCCCCCCCCCC[N+](C)(C)CC(=O)NCC[N+](C)(C)C. The number of hydrogen-bond acceptors (Lipinski definition) is 1. The molecule has 0 aromatic rings. The zero-order valence-electron chi connectivity index (χ0n) is 22.4. The predicted octanol–water partition coefficient (Wildman–Crippen LogP) is 6.15. The topological polar surface area (TPSA) is 29.1 Å². The van der Waals surface area contributed by atoms with Crippen LogP contribution in [0.25, 0.3) is 0 Å². The molecular weight excluding hydrogens is 382 g/mol. The number of nitrogens with one attached hydrogen (secondary N) is 1. The highest BCUT2D eigenvalue weighted by atomic mass is 16.2.